The second-order valence-electron chi connectivity index (χ2n) is 2.73. The maximum atomic E-state index is 11.0. The first-order valence-corrected chi connectivity index (χ1v) is 3.81. The summed E-state index contributed by atoms with van der Waals surface area (Å²) < 4.78 is 0. The number of terminal acetylenes is 1. The number of hydrogen-bond donors (Lipinski definition) is 0. The van der Waals surface area contributed by atoms with Gasteiger partial charge in [-0.3, -0.25) is 14.9 Å². The first kappa shape index (κ1) is 9.93. The van der Waals surface area contributed by atoms with Crippen molar-refractivity contribution in [2.75, 3.05) is 0 Å². The quantitative estimate of drug-likeness (QED) is 0.308. The molecule has 0 aliphatic rings. The van der Waals surface area contributed by atoms with E-state index in [1.54, 1.807) is 0 Å². The standard InChI is InChI=1S/C10H7NO3/c1-3-8-4-9(7(2)12)6-10(5-8)11(13)14/h1,4-6H,2H3. The minimum absolute atomic E-state index is 0.161. The van der Waals surface area contributed by atoms with Crippen molar-refractivity contribution in [3.63, 3.8) is 0 Å². The van der Waals surface area contributed by atoms with Gasteiger partial charge in [0.05, 0.1) is 4.92 Å². The number of nitro groups is 1. The van der Waals surface area contributed by atoms with Gasteiger partial charge in [-0.2, -0.15) is 0 Å². The Bertz CT molecular complexity index is 411. The summed E-state index contributed by atoms with van der Waals surface area (Å²) in [5.74, 6) is 2.02. The molecule has 0 N–H and O–H groups in total. The number of carbonyl (C=O) groups is 1. The van der Waals surface area contributed by atoms with E-state index < -0.39 is 4.92 Å². The molecule has 0 saturated carbocycles. The number of hydrogen-bond acceptors (Lipinski definition) is 3. The summed E-state index contributed by atoms with van der Waals surface area (Å²) in [4.78, 5) is 20.9. The van der Waals surface area contributed by atoms with Gasteiger partial charge in [-0.1, -0.05) is 5.92 Å². The molecule has 0 amide bonds. The molecular weight excluding hydrogens is 182 g/mol. The van der Waals surface area contributed by atoms with Crippen molar-refractivity contribution < 1.29 is 9.72 Å². The molecule has 0 aromatic heterocycles. The highest BCUT2D eigenvalue weighted by Gasteiger charge is 2.10. The minimum Gasteiger partial charge on any atom is -0.295 e. The number of benzene rings is 1. The molecule has 0 saturated heterocycles. The molecular formula is C10H7NO3. The highest BCUT2D eigenvalue weighted by atomic mass is 16.6. The largest absolute Gasteiger partial charge is 0.295 e. The van der Waals surface area contributed by atoms with E-state index in [4.69, 9.17) is 6.42 Å². The summed E-state index contributed by atoms with van der Waals surface area (Å²) >= 11 is 0. The van der Waals surface area contributed by atoms with Crippen molar-refractivity contribution in [3.8, 4) is 12.3 Å². The van der Waals surface area contributed by atoms with Gasteiger partial charge in [-0.25, -0.2) is 0 Å². The van der Waals surface area contributed by atoms with Gasteiger partial charge >= 0.3 is 0 Å². The number of carbonyl (C=O) groups excluding carboxylic acids is 1. The molecule has 0 unspecified atom stereocenters. The summed E-state index contributed by atoms with van der Waals surface area (Å²) in [5.41, 5.74) is 0.433. The molecule has 70 valence electrons. The van der Waals surface area contributed by atoms with Gasteiger partial charge in [0.1, 0.15) is 0 Å². The van der Waals surface area contributed by atoms with Crippen LogP contribution in [0.1, 0.15) is 22.8 Å². The summed E-state index contributed by atoms with van der Waals surface area (Å²) in [5, 5.41) is 10.5. The van der Waals surface area contributed by atoms with Crippen LogP contribution in [0.4, 0.5) is 5.69 Å². The Labute approximate surface area is 80.7 Å². The van der Waals surface area contributed by atoms with E-state index in [0.717, 1.165) is 0 Å². The number of rotatable bonds is 2. The molecule has 0 spiro atoms. The van der Waals surface area contributed by atoms with Crippen LogP contribution in [0.5, 0.6) is 0 Å². The highest BCUT2D eigenvalue weighted by Crippen LogP contribution is 2.16. The number of ketones is 1. The fraction of sp³-hybridized carbons (Fsp3) is 0.100. The Kier molecular flexibility index (Phi) is 2.63. The maximum Gasteiger partial charge on any atom is 0.271 e. The molecule has 1 aromatic carbocycles. The van der Waals surface area contributed by atoms with Gasteiger partial charge in [0.2, 0.25) is 0 Å². The number of Topliss-reactive ketones (excluding diaryl/α,β-unsaturated/α-hetero) is 1. The molecule has 0 radical (unpaired) electrons. The Hall–Kier alpha value is -2.15. The lowest BCUT2D eigenvalue weighted by atomic mass is 10.1. The lowest BCUT2D eigenvalue weighted by Gasteiger charge is -1.97. The van der Waals surface area contributed by atoms with Gasteiger partial charge in [0.15, 0.2) is 5.78 Å². The topological polar surface area (TPSA) is 60.2 Å². The van der Waals surface area contributed by atoms with Crippen molar-refractivity contribution >= 4 is 11.5 Å². The van der Waals surface area contributed by atoms with Gasteiger partial charge in [0, 0.05) is 23.3 Å². The zero-order valence-corrected chi connectivity index (χ0v) is 7.48. The molecule has 0 aliphatic carbocycles. The van der Waals surface area contributed by atoms with Gasteiger partial charge < -0.3 is 0 Å². The van der Waals surface area contributed by atoms with E-state index >= 15 is 0 Å². The lowest BCUT2D eigenvalue weighted by Crippen LogP contribution is -1.96. The SMILES string of the molecule is C#Cc1cc(C(C)=O)cc([N+](=O)[O-])c1. The van der Waals surface area contributed by atoms with Crippen LogP contribution < -0.4 is 0 Å². The predicted molar refractivity (Wildman–Crippen MR) is 51.0 cm³/mol. The minimum atomic E-state index is -0.576. The number of non-ortho nitro benzene ring substituents is 1. The second kappa shape index (κ2) is 3.71. The Morgan fingerprint density at radius 1 is 1.50 bits per heavy atom. The molecule has 0 bridgehead atoms. The summed E-state index contributed by atoms with van der Waals surface area (Å²) in [7, 11) is 0. The maximum absolute atomic E-state index is 11.0. The van der Waals surface area contributed by atoms with Crippen LogP contribution in [-0.4, -0.2) is 10.7 Å². The molecule has 1 aromatic rings. The number of nitrogens with zero attached hydrogens (tertiary/aromatic N) is 1. The summed E-state index contributed by atoms with van der Waals surface area (Å²) in [6.45, 7) is 1.33. The van der Waals surface area contributed by atoms with Crippen molar-refractivity contribution in [2.24, 2.45) is 0 Å². The van der Waals surface area contributed by atoms with E-state index in [0.29, 0.717) is 5.56 Å². The monoisotopic (exact) mass is 189 g/mol. The number of nitro benzene ring substituents is 1. The zero-order chi connectivity index (χ0) is 10.7. The van der Waals surface area contributed by atoms with Gasteiger partial charge in [-0.15, -0.1) is 6.42 Å². The molecule has 0 atom stereocenters. The molecule has 0 aliphatic heterocycles. The molecule has 4 nitrogen and oxygen atoms in total. The highest BCUT2D eigenvalue weighted by molar-refractivity contribution is 5.95. The first-order chi connectivity index (χ1) is 6.54. The van der Waals surface area contributed by atoms with Gasteiger partial charge in [-0.05, 0) is 13.0 Å². The zero-order valence-electron chi connectivity index (χ0n) is 7.48. The van der Waals surface area contributed by atoms with E-state index in [-0.39, 0.29) is 17.0 Å². The van der Waals surface area contributed by atoms with E-state index in [9.17, 15) is 14.9 Å². The lowest BCUT2D eigenvalue weighted by molar-refractivity contribution is -0.384. The molecule has 0 heterocycles. The van der Waals surface area contributed by atoms with Crippen LogP contribution in [0.15, 0.2) is 18.2 Å². The van der Waals surface area contributed by atoms with Crippen molar-refractivity contribution in [2.45, 2.75) is 6.92 Å². The van der Waals surface area contributed by atoms with E-state index in [2.05, 4.69) is 5.92 Å². The average molecular weight is 189 g/mol. The Morgan fingerprint density at radius 2 is 2.14 bits per heavy atom. The third-order valence-corrected chi connectivity index (χ3v) is 1.70. The van der Waals surface area contributed by atoms with Crippen LogP contribution in [0.25, 0.3) is 0 Å². The average Bonchev–Trinajstić information content (AvgIpc) is 2.16. The van der Waals surface area contributed by atoms with Crippen LogP contribution in [0.3, 0.4) is 0 Å². The van der Waals surface area contributed by atoms with Crippen LogP contribution >= 0.6 is 0 Å². The summed E-state index contributed by atoms with van der Waals surface area (Å²) in [6, 6.07) is 3.92. The van der Waals surface area contributed by atoms with E-state index in [1.165, 1.54) is 25.1 Å². The Morgan fingerprint density at radius 3 is 2.57 bits per heavy atom. The third kappa shape index (κ3) is 1.96. The summed E-state index contributed by atoms with van der Waals surface area (Å²) in [6.07, 6.45) is 5.10. The molecule has 14 heavy (non-hydrogen) atoms. The second-order valence-corrected chi connectivity index (χ2v) is 2.73. The predicted octanol–water partition coefficient (Wildman–Crippen LogP) is 1.78. The molecule has 4 heteroatoms. The normalized spacial score (nSPS) is 9.14. The van der Waals surface area contributed by atoms with Crippen LogP contribution in [0, 0.1) is 22.5 Å². The third-order valence-electron chi connectivity index (χ3n) is 1.70. The van der Waals surface area contributed by atoms with Crippen molar-refractivity contribution in [1.29, 1.82) is 0 Å². The smallest absolute Gasteiger partial charge is 0.271 e. The van der Waals surface area contributed by atoms with Crippen LogP contribution in [0.2, 0.25) is 0 Å². The Balaban J connectivity index is 3.36. The fourth-order valence-electron chi connectivity index (χ4n) is 1.00. The van der Waals surface area contributed by atoms with Crippen LogP contribution in [-0.2, 0) is 0 Å². The first-order valence-electron chi connectivity index (χ1n) is 3.81. The van der Waals surface area contributed by atoms with Crippen molar-refractivity contribution in [1.82, 2.24) is 0 Å². The molecule has 0 fully saturated rings. The van der Waals surface area contributed by atoms with E-state index in [1.807, 2.05) is 0 Å². The van der Waals surface area contributed by atoms with Gasteiger partial charge in [0.25, 0.3) is 5.69 Å². The fourth-order valence-corrected chi connectivity index (χ4v) is 1.00. The molecule has 1 rings (SSSR count). The van der Waals surface area contributed by atoms with Crippen molar-refractivity contribution in [3.05, 3.63) is 39.4 Å².